The van der Waals surface area contributed by atoms with Crippen LogP contribution in [0.1, 0.15) is 17.3 Å². The summed E-state index contributed by atoms with van der Waals surface area (Å²) >= 11 is 3.29. The zero-order valence-corrected chi connectivity index (χ0v) is 15.0. The number of benzene rings is 2. The lowest BCUT2D eigenvalue weighted by Gasteiger charge is -2.10. The van der Waals surface area contributed by atoms with E-state index in [0.717, 1.165) is 4.47 Å². The van der Waals surface area contributed by atoms with Gasteiger partial charge in [-0.2, -0.15) is 0 Å². The Balaban J connectivity index is 1.79. The first-order valence-electron chi connectivity index (χ1n) is 7.39. The molecule has 1 N–H and O–H groups in total. The van der Waals surface area contributed by atoms with Crippen molar-refractivity contribution in [1.29, 1.82) is 0 Å². The van der Waals surface area contributed by atoms with Crippen molar-refractivity contribution in [2.75, 3.05) is 18.5 Å². The number of para-hydroxylation sites is 1. The standard InChI is InChI=1S/C18H16BrNO5/c1-12(21)15-4-2-3-5-16(15)20-17(22)10-25-18(23)11-24-14-8-6-13(19)7-9-14/h2-9H,10-11H2,1H3,(H,20,22). The summed E-state index contributed by atoms with van der Waals surface area (Å²) in [6.45, 7) is 0.637. The molecule has 1 amide bonds. The summed E-state index contributed by atoms with van der Waals surface area (Å²) < 4.78 is 11.0. The molecule has 130 valence electrons. The van der Waals surface area contributed by atoms with Gasteiger partial charge in [-0.25, -0.2) is 4.79 Å². The van der Waals surface area contributed by atoms with Gasteiger partial charge in [-0.15, -0.1) is 0 Å². The number of amides is 1. The van der Waals surface area contributed by atoms with Crippen LogP contribution in [0, 0.1) is 0 Å². The molecule has 0 aliphatic rings. The molecule has 2 aromatic rings. The predicted octanol–water partition coefficient (Wildman–Crippen LogP) is 3.21. The Morgan fingerprint density at radius 3 is 2.36 bits per heavy atom. The normalized spacial score (nSPS) is 10.0. The van der Waals surface area contributed by atoms with E-state index >= 15 is 0 Å². The summed E-state index contributed by atoms with van der Waals surface area (Å²) in [5.74, 6) is -0.862. The Kier molecular flexibility index (Phi) is 6.71. The summed E-state index contributed by atoms with van der Waals surface area (Å²) in [5.41, 5.74) is 0.767. The Morgan fingerprint density at radius 2 is 1.68 bits per heavy atom. The molecule has 7 heteroatoms. The lowest BCUT2D eigenvalue weighted by Crippen LogP contribution is -2.24. The SMILES string of the molecule is CC(=O)c1ccccc1NC(=O)COC(=O)COc1ccc(Br)cc1. The van der Waals surface area contributed by atoms with E-state index in [2.05, 4.69) is 21.2 Å². The minimum absolute atomic E-state index is 0.171. The van der Waals surface area contributed by atoms with E-state index in [1.165, 1.54) is 6.92 Å². The van der Waals surface area contributed by atoms with Crippen molar-refractivity contribution in [2.24, 2.45) is 0 Å². The van der Waals surface area contributed by atoms with Crippen molar-refractivity contribution in [3.05, 3.63) is 58.6 Å². The van der Waals surface area contributed by atoms with Crippen LogP contribution in [0.25, 0.3) is 0 Å². The van der Waals surface area contributed by atoms with Gasteiger partial charge in [-0.3, -0.25) is 9.59 Å². The number of hydrogen-bond acceptors (Lipinski definition) is 5. The summed E-state index contributed by atoms with van der Waals surface area (Å²) in [7, 11) is 0. The second kappa shape index (κ2) is 8.98. The minimum atomic E-state index is -0.669. The van der Waals surface area contributed by atoms with Crippen LogP contribution in [0.4, 0.5) is 5.69 Å². The van der Waals surface area contributed by atoms with Gasteiger partial charge in [0, 0.05) is 10.0 Å². The molecule has 0 radical (unpaired) electrons. The van der Waals surface area contributed by atoms with Crippen LogP contribution < -0.4 is 10.1 Å². The Morgan fingerprint density at radius 1 is 1.00 bits per heavy atom. The molecule has 0 saturated heterocycles. The van der Waals surface area contributed by atoms with Gasteiger partial charge in [-0.05, 0) is 43.3 Å². The van der Waals surface area contributed by atoms with Crippen molar-refractivity contribution >= 4 is 39.3 Å². The van der Waals surface area contributed by atoms with E-state index < -0.39 is 18.5 Å². The molecule has 0 heterocycles. The van der Waals surface area contributed by atoms with Gasteiger partial charge < -0.3 is 14.8 Å². The lowest BCUT2D eigenvalue weighted by molar-refractivity contribution is -0.149. The van der Waals surface area contributed by atoms with E-state index in [-0.39, 0.29) is 12.4 Å². The highest BCUT2D eigenvalue weighted by molar-refractivity contribution is 9.10. The van der Waals surface area contributed by atoms with Gasteiger partial charge in [-0.1, -0.05) is 28.1 Å². The minimum Gasteiger partial charge on any atom is -0.482 e. The van der Waals surface area contributed by atoms with Crippen LogP contribution in [0.2, 0.25) is 0 Å². The van der Waals surface area contributed by atoms with Gasteiger partial charge in [0.05, 0.1) is 5.69 Å². The van der Waals surface area contributed by atoms with E-state index in [1.807, 2.05) is 0 Å². The van der Waals surface area contributed by atoms with Gasteiger partial charge in [0.2, 0.25) is 0 Å². The highest BCUT2D eigenvalue weighted by Crippen LogP contribution is 2.16. The van der Waals surface area contributed by atoms with Crippen molar-refractivity contribution in [3.63, 3.8) is 0 Å². The predicted molar refractivity (Wildman–Crippen MR) is 95.7 cm³/mol. The maximum absolute atomic E-state index is 11.9. The van der Waals surface area contributed by atoms with Crippen LogP contribution in [0.15, 0.2) is 53.0 Å². The average molecular weight is 406 g/mol. The molecule has 0 saturated carbocycles. The first kappa shape index (κ1) is 18.7. The molecule has 0 aliphatic carbocycles. The van der Waals surface area contributed by atoms with Crippen LogP contribution in [0.5, 0.6) is 5.75 Å². The molecule has 0 bridgehead atoms. The zero-order chi connectivity index (χ0) is 18.2. The first-order chi connectivity index (χ1) is 12.0. The fourth-order valence-corrected chi connectivity index (χ4v) is 2.21. The lowest BCUT2D eigenvalue weighted by atomic mass is 10.1. The summed E-state index contributed by atoms with van der Waals surface area (Å²) in [5, 5.41) is 2.54. The number of carbonyl (C=O) groups is 3. The van der Waals surface area contributed by atoms with E-state index in [0.29, 0.717) is 17.0 Å². The number of esters is 1. The van der Waals surface area contributed by atoms with Gasteiger partial charge >= 0.3 is 5.97 Å². The fourth-order valence-electron chi connectivity index (χ4n) is 1.95. The molecule has 0 atom stereocenters. The van der Waals surface area contributed by atoms with Crippen LogP contribution >= 0.6 is 15.9 Å². The molecule has 0 fully saturated rings. The number of ketones is 1. The summed E-state index contributed by atoms with van der Waals surface area (Å²) in [6.07, 6.45) is 0. The molecule has 2 rings (SSSR count). The second-order valence-electron chi connectivity index (χ2n) is 5.05. The van der Waals surface area contributed by atoms with Crippen molar-refractivity contribution in [3.8, 4) is 5.75 Å². The van der Waals surface area contributed by atoms with E-state index in [4.69, 9.17) is 9.47 Å². The molecule has 0 aromatic heterocycles. The van der Waals surface area contributed by atoms with E-state index in [9.17, 15) is 14.4 Å². The second-order valence-corrected chi connectivity index (χ2v) is 5.97. The largest absolute Gasteiger partial charge is 0.482 e. The molecule has 0 aliphatic heterocycles. The van der Waals surface area contributed by atoms with Crippen LogP contribution in [0.3, 0.4) is 0 Å². The number of rotatable bonds is 7. The number of hydrogen-bond donors (Lipinski definition) is 1. The topological polar surface area (TPSA) is 81.7 Å². The zero-order valence-electron chi connectivity index (χ0n) is 13.5. The fraction of sp³-hybridized carbons (Fsp3) is 0.167. The Labute approximate surface area is 153 Å². The smallest absolute Gasteiger partial charge is 0.344 e. The molecule has 6 nitrogen and oxygen atoms in total. The number of Topliss-reactive ketones (excluding diaryl/α,β-unsaturated/α-hetero) is 1. The maximum Gasteiger partial charge on any atom is 0.344 e. The Hall–Kier alpha value is -2.67. The van der Waals surface area contributed by atoms with Crippen molar-refractivity contribution in [2.45, 2.75) is 6.92 Å². The molecule has 0 spiro atoms. The third kappa shape index (κ3) is 6.04. The summed E-state index contributed by atoms with van der Waals surface area (Å²) in [4.78, 5) is 35.0. The number of anilines is 1. The monoisotopic (exact) mass is 405 g/mol. The van der Waals surface area contributed by atoms with Gasteiger partial charge in [0.25, 0.3) is 5.91 Å². The van der Waals surface area contributed by atoms with Gasteiger partial charge in [0.15, 0.2) is 19.0 Å². The summed E-state index contributed by atoms with van der Waals surface area (Å²) in [6, 6.07) is 13.6. The third-order valence-electron chi connectivity index (χ3n) is 3.12. The molecule has 2 aromatic carbocycles. The van der Waals surface area contributed by atoms with Gasteiger partial charge in [0.1, 0.15) is 5.75 Å². The van der Waals surface area contributed by atoms with Crippen LogP contribution in [-0.4, -0.2) is 30.9 Å². The van der Waals surface area contributed by atoms with Crippen molar-refractivity contribution in [1.82, 2.24) is 0 Å². The highest BCUT2D eigenvalue weighted by Gasteiger charge is 2.12. The van der Waals surface area contributed by atoms with Crippen LogP contribution in [-0.2, 0) is 14.3 Å². The van der Waals surface area contributed by atoms with Crippen molar-refractivity contribution < 1.29 is 23.9 Å². The number of carbonyl (C=O) groups excluding carboxylic acids is 3. The quantitative estimate of drug-likeness (QED) is 0.564. The number of ether oxygens (including phenoxy) is 2. The average Bonchev–Trinajstić information content (AvgIpc) is 2.59. The van der Waals surface area contributed by atoms with E-state index in [1.54, 1.807) is 48.5 Å². The molecule has 0 unspecified atom stereocenters. The molecular formula is C18H16BrNO5. The highest BCUT2D eigenvalue weighted by atomic mass is 79.9. The third-order valence-corrected chi connectivity index (χ3v) is 3.64. The molecular weight excluding hydrogens is 390 g/mol. The maximum atomic E-state index is 11.9. The Bertz CT molecular complexity index is 773. The first-order valence-corrected chi connectivity index (χ1v) is 8.19. The number of nitrogens with one attached hydrogen (secondary N) is 1. The molecule has 25 heavy (non-hydrogen) atoms. The number of halogens is 1.